The highest BCUT2D eigenvalue weighted by Gasteiger charge is 2.42. The van der Waals surface area contributed by atoms with Crippen LogP contribution in [0.15, 0.2) is 68.8 Å². The monoisotopic (exact) mass is 477 g/mol. The average molecular weight is 479 g/mol. The minimum Gasteiger partial charge on any atom is -0.503 e. The smallest absolute Gasteiger partial charge is 0.290 e. The van der Waals surface area contributed by atoms with Crippen LogP contribution in [0.5, 0.6) is 0 Å². The summed E-state index contributed by atoms with van der Waals surface area (Å²) in [6, 6.07) is 14.8. The van der Waals surface area contributed by atoms with Gasteiger partial charge in [-0.3, -0.25) is 9.59 Å². The number of aliphatic hydroxyl groups excluding tert-OH is 1. The molecule has 1 atom stereocenters. The number of carbonyl (C=O) groups is 2. The van der Waals surface area contributed by atoms with E-state index in [4.69, 9.17) is 0 Å². The molecule has 0 aliphatic carbocycles. The van der Waals surface area contributed by atoms with Crippen LogP contribution >= 0.6 is 31.9 Å². The highest BCUT2D eigenvalue weighted by atomic mass is 79.9. The Morgan fingerprint density at radius 2 is 1.81 bits per heavy atom. The van der Waals surface area contributed by atoms with E-state index in [2.05, 4.69) is 31.9 Å². The highest BCUT2D eigenvalue weighted by molar-refractivity contribution is 9.13. The molecule has 1 unspecified atom stereocenters. The summed E-state index contributed by atoms with van der Waals surface area (Å²) in [5, 5.41) is 10.3. The van der Waals surface area contributed by atoms with E-state index in [-0.39, 0.29) is 11.4 Å². The molecule has 0 fully saturated rings. The molecule has 0 saturated heterocycles. The number of ketones is 1. The van der Waals surface area contributed by atoms with Crippen LogP contribution in [0.1, 0.15) is 24.1 Å². The maximum atomic E-state index is 12.6. The molecule has 1 heterocycles. The molecule has 3 rings (SSSR count). The maximum Gasteiger partial charge on any atom is 0.290 e. The Morgan fingerprint density at radius 3 is 2.42 bits per heavy atom. The largest absolute Gasteiger partial charge is 0.503 e. The molecule has 1 aliphatic rings. The van der Waals surface area contributed by atoms with E-state index in [1.807, 2.05) is 48.5 Å². The SMILES string of the molecule is CC(=O)C1=C(O)C(=O)N(CCc2ccccc2)C1c1ccc(Br)c(Br)c1. The molecule has 0 spiro atoms. The van der Waals surface area contributed by atoms with Crippen molar-refractivity contribution in [2.75, 3.05) is 6.54 Å². The predicted octanol–water partition coefficient (Wildman–Crippen LogP) is 4.74. The number of hydrogen-bond acceptors (Lipinski definition) is 3. The average Bonchev–Trinajstić information content (AvgIpc) is 2.88. The van der Waals surface area contributed by atoms with E-state index < -0.39 is 17.7 Å². The van der Waals surface area contributed by atoms with Gasteiger partial charge < -0.3 is 10.0 Å². The van der Waals surface area contributed by atoms with Crippen LogP contribution in [0.4, 0.5) is 0 Å². The second-order valence-electron chi connectivity index (χ2n) is 6.13. The summed E-state index contributed by atoms with van der Waals surface area (Å²) in [7, 11) is 0. The number of rotatable bonds is 5. The van der Waals surface area contributed by atoms with Crippen LogP contribution in [0.25, 0.3) is 0 Å². The molecule has 6 heteroatoms. The van der Waals surface area contributed by atoms with Gasteiger partial charge in [0.1, 0.15) is 0 Å². The fraction of sp³-hybridized carbons (Fsp3) is 0.200. The highest BCUT2D eigenvalue weighted by Crippen LogP contribution is 2.39. The van der Waals surface area contributed by atoms with Gasteiger partial charge in [0.25, 0.3) is 5.91 Å². The first-order valence-electron chi connectivity index (χ1n) is 8.14. The lowest BCUT2D eigenvalue weighted by Crippen LogP contribution is -2.32. The molecular weight excluding hydrogens is 462 g/mol. The summed E-state index contributed by atoms with van der Waals surface area (Å²) in [6.07, 6.45) is 0.638. The number of hydrogen-bond donors (Lipinski definition) is 1. The molecule has 0 saturated carbocycles. The van der Waals surface area contributed by atoms with Crippen LogP contribution in [-0.4, -0.2) is 28.2 Å². The Morgan fingerprint density at radius 1 is 1.12 bits per heavy atom. The van der Waals surface area contributed by atoms with Gasteiger partial charge in [0.2, 0.25) is 0 Å². The lowest BCUT2D eigenvalue weighted by Gasteiger charge is -2.27. The quantitative estimate of drug-likeness (QED) is 0.675. The van der Waals surface area contributed by atoms with Gasteiger partial charge in [-0.15, -0.1) is 0 Å². The van der Waals surface area contributed by atoms with Crippen LogP contribution in [0.3, 0.4) is 0 Å². The molecule has 0 radical (unpaired) electrons. The second kappa shape index (κ2) is 7.76. The molecule has 134 valence electrons. The van der Waals surface area contributed by atoms with Gasteiger partial charge in [-0.25, -0.2) is 0 Å². The van der Waals surface area contributed by atoms with Crippen LogP contribution < -0.4 is 0 Å². The first kappa shape index (κ1) is 18.9. The first-order valence-corrected chi connectivity index (χ1v) is 9.72. The Labute approximate surface area is 168 Å². The first-order chi connectivity index (χ1) is 12.4. The number of amides is 1. The van der Waals surface area contributed by atoms with E-state index in [9.17, 15) is 14.7 Å². The van der Waals surface area contributed by atoms with Gasteiger partial charge in [-0.1, -0.05) is 36.4 Å². The van der Waals surface area contributed by atoms with E-state index in [0.29, 0.717) is 13.0 Å². The molecule has 4 nitrogen and oxygen atoms in total. The predicted molar refractivity (Wildman–Crippen MR) is 107 cm³/mol. The van der Waals surface area contributed by atoms with Gasteiger partial charge >= 0.3 is 0 Å². The minimum absolute atomic E-state index is 0.150. The summed E-state index contributed by atoms with van der Waals surface area (Å²) in [6.45, 7) is 1.78. The third kappa shape index (κ3) is 3.62. The van der Waals surface area contributed by atoms with Crippen molar-refractivity contribution in [1.82, 2.24) is 4.90 Å². The van der Waals surface area contributed by atoms with E-state index in [1.165, 1.54) is 6.92 Å². The maximum absolute atomic E-state index is 12.6. The van der Waals surface area contributed by atoms with Crippen molar-refractivity contribution < 1.29 is 14.7 Å². The number of aliphatic hydroxyl groups is 1. The summed E-state index contributed by atoms with van der Waals surface area (Å²) < 4.78 is 1.69. The summed E-state index contributed by atoms with van der Waals surface area (Å²) in [4.78, 5) is 26.3. The van der Waals surface area contributed by atoms with Gasteiger partial charge in [0.15, 0.2) is 11.5 Å². The topological polar surface area (TPSA) is 57.6 Å². The molecule has 2 aromatic rings. The van der Waals surface area contributed by atoms with Crippen molar-refractivity contribution in [1.29, 1.82) is 0 Å². The lowest BCUT2D eigenvalue weighted by molar-refractivity contribution is -0.129. The molecular formula is C20H17Br2NO3. The van der Waals surface area contributed by atoms with E-state index >= 15 is 0 Å². The molecule has 26 heavy (non-hydrogen) atoms. The fourth-order valence-corrected chi connectivity index (χ4v) is 3.81. The van der Waals surface area contributed by atoms with Crippen molar-refractivity contribution in [3.05, 3.63) is 79.9 Å². The number of carbonyl (C=O) groups excluding carboxylic acids is 2. The second-order valence-corrected chi connectivity index (χ2v) is 7.84. The Balaban J connectivity index is 1.97. The Bertz CT molecular complexity index is 893. The van der Waals surface area contributed by atoms with Crippen LogP contribution in [0, 0.1) is 0 Å². The van der Waals surface area contributed by atoms with E-state index in [0.717, 1.165) is 20.1 Å². The summed E-state index contributed by atoms with van der Waals surface area (Å²) in [5.74, 6) is -1.26. The molecule has 2 aromatic carbocycles. The van der Waals surface area contributed by atoms with Gasteiger partial charge in [0, 0.05) is 15.5 Å². The number of nitrogens with zero attached hydrogens (tertiary/aromatic N) is 1. The summed E-state index contributed by atoms with van der Waals surface area (Å²) >= 11 is 6.89. The minimum atomic E-state index is -0.590. The number of benzene rings is 2. The zero-order valence-corrected chi connectivity index (χ0v) is 17.2. The fourth-order valence-electron chi connectivity index (χ4n) is 3.17. The summed E-state index contributed by atoms with van der Waals surface area (Å²) in [5.41, 5.74) is 2.01. The van der Waals surface area contributed by atoms with Gasteiger partial charge in [-0.05, 0) is 68.5 Å². The number of Topliss-reactive ketones (excluding diaryl/α,β-unsaturated/α-hetero) is 1. The Kier molecular flexibility index (Phi) is 5.63. The molecule has 1 aliphatic heterocycles. The number of halogens is 2. The Hall–Kier alpha value is -1.92. The zero-order chi connectivity index (χ0) is 18.8. The molecule has 0 aromatic heterocycles. The third-order valence-corrected chi connectivity index (χ3v) is 6.31. The van der Waals surface area contributed by atoms with Crippen LogP contribution in [-0.2, 0) is 16.0 Å². The molecule has 0 bridgehead atoms. The molecule has 1 amide bonds. The third-order valence-electron chi connectivity index (χ3n) is 4.43. The standard InChI is InChI=1S/C20H17Br2NO3/c1-12(24)17-18(14-7-8-15(21)16(22)11-14)23(20(26)19(17)25)10-9-13-5-3-2-4-6-13/h2-8,11,18,25H,9-10H2,1H3. The van der Waals surface area contributed by atoms with Crippen molar-refractivity contribution in [3.63, 3.8) is 0 Å². The van der Waals surface area contributed by atoms with Gasteiger partial charge in [0.05, 0.1) is 11.6 Å². The zero-order valence-electron chi connectivity index (χ0n) is 14.1. The van der Waals surface area contributed by atoms with Crippen molar-refractivity contribution in [3.8, 4) is 0 Å². The van der Waals surface area contributed by atoms with Crippen molar-refractivity contribution in [2.45, 2.75) is 19.4 Å². The van der Waals surface area contributed by atoms with Gasteiger partial charge in [-0.2, -0.15) is 0 Å². The van der Waals surface area contributed by atoms with Crippen LogP contribution in [0.2, 0.25) is 0 Å². The van der Waals surface area contributed by atoms with Crippen molar-refractivity contribution >= 4 is 43.6 Å². The lowest BCUT2D eigenvalue weighted by atomic mass is 9.96. The molecule has 1 N–H and O–H groups in total. The van der Waals surface area contributed by atoms with E-state index in [1.54, 1.807) is 4.90 Å². The van der Waals surface area contributed by atoms with Crippen molar-refractivity contribution in [2.24, 2.45) is 0 Å². The normalized spacial score (nSPS) is 17.1.